The third-order valence-electron chi connectivity index (χ3n) is 3.91. The largest absolute Gasteiger partial charge is 0.505 e. The van der Waals surface area contributed by atoms with Gasteiger partial charge in [-0.15, -0.1) is 4.91 Å². The number of carbonyl (C=O) groups excluding carboxylic acids is 1. The zero-order chi connectivity index (χ0) is 21.7. The number of aliphatic imine (C=N–C) groups is 1. The van der Waals surface area contributed by atoms with Crippen molar-refractivity contribution in [3.05, 3.63) is 75.8 Å². The number of carbonyl (C=O) groups is 1. The van der Waals surface area contributed by atoms with Crippen LogP contribution in [0.4, 0.5) is 10.1 Å². The van der Waals surface area contributed by atoms with Crippen LogP contribution in [0.2, 0.25) is 5.02 Å². The van der Waals surface area contributed by atoms with E-state index in [0.29, 0.717) is 5.56 Å². The molecule has 0 saturated carbocycles. The van der Waals surface area contributed by atoms with Crippen LogP contribution in [0, 0.1) is 10.7 Å². The van der Waals surface area contributed by atoms with Gasteiger partial charge in [-0.05, 0) is 36.4 Å². The summed E-state index contributed by atoms with van der Waals surface area (Å²) in [5.41, 5.74) is 0.717. The maximum Gasteiger partial charge on any atom is 0.269 e. The standard InChI is InChI=1S/C19H13ClFN5O4/c1-22-18(28)15-8-10(4-6-23-15)16-17(27)12(5-7-24-16)19(30-26-29)25-11-2-3-14(21)13(20)9-11/h2-9,27H,1H3,(H,22,28). The van der Waals surface area contributed by atoms with E-state index in [-0.39, 0.29) is 39.3 Å². The van der Waals surface area contributed by atoms with E-state index < -0.39 is 11.7 Å². The van der Waals surface area contributed by atoms with Crippen molar-refractivity contribution < 1.29 is 19.1 Å². The van der Waals surface area contributed by atoms with E-state index in [1.165, 1.54) is 49.8 Å². The Kier molecular flexibility index (Phi) is 6.28. The number of rotatable bonds is 5. The second kappa shape index (κ2) is 9.05. The molecule has 11 heteroatoms. The molecule has 9 nitrogen and oxygen atoms in total. The highest BCUT2D eigenvalue weighted by Crippen LogP contribution is 2.32. The summed E-state index contributed by atoms with van der Waals surface area (Å²) in [7, 11) is 1.46. The van der Waals surface area contributed by atoms with Crippen LogP contribution < -0.4 is 5.32 Å². The Morgan fingerprint density at radius 1 is 1.20 bits per heavy atom. The first kappa shape index (κ1) is 20.8. The molecule has 0 spiro atoms. The Morgan fingerprint density at radius 3 is 2.67 bits per heavy atom. The summed E-state index contributed by atoms with van der Waals surface area (Å²) in [4.78, 5) is 39.3. The molecule has 0 aliphatic heterocycles. The summed E-state index contributed by atoms with van der Waals surface area (Å²) in [5, 5.41) is 15.3. The minimum absolute atomic E-state index is 0.0154. The molecule has 1 amide bonds. The van der Waals surface area contributed by atoms with Crippen LogP contribution in [0.3, 0.4) is 0 Å². The third-order valence-corrected chi connectivity index (χ3v) is 4.19. The average molecular weight is 430 g/mol. The number of hydrogen-bond donors (Lipinski definition) is 2. The van der Waals surface area contributed by atoms with E-state index in [0.717, 1.165) is 6.07 Å². The van der Waals surface area contributed by atoms with Crippen molar-refractivity contribution in [3.8, 4) is 17.0 Å². The fraction of sp³-hybridized carbons (Fsp3) is 0.0526. The first-order valence-electron chi connectivity index (χ1n) is 8.35. The first-order chi connectivity index (χ1) is 14.4. The van der Waals surface area contributed by atoms with E-state index in [9.17, 15) is 19.2 Å². The highest BCUT2D eigenvalue weighted by molar-refractivity contribution is 6.31. The number of pyridine rings is 2. The number of amides is 1. The van der Waals surface area contributed by atoms with Gasteiger partial charge in [0.1, 0.15) is 17.2 Å². The van der Waals surface area contributed by atoms with Crippen LogP contribution in [0.1, 0.15) is 16.1 Å². The number of halogens is 2. The van der Waals surface area contributed by atoms with Gasteiger partial charge in [0.25, 0.3) is 11.8 Å². The van der Waals surface area contributed by atoms with Gasteiger partial charge in [0.2, 0.25) is 0 Å². The molecular weight excluding hydrogens is 417 g/mol. The Morgan fingerprint density at radius 2 is 1.97 bits per heavy atom. The zero-order valence-electron chi connectivity index (χ0n) is 15.3. The summed E-state index contributed by atoms with van der Waals surface area (Å²) in [6.45, 7) is 0. The van der Waals surface area contributed by atoms with Crippen molar-refractivity contribution >= 4 is 29.1 Å². The molecule has 30 heavy (non-hydrogen) atoms. The number of hydrogen-bond acceptors (Lipinski definition) is 8. The summed E-state index contributed by atoms with van der Waals surface area (Å²) >= 11 is 5.74. The molecule has 0 bridgehead atoms. The van der Waals surface area contributed by atoms with Gasteiger partial charge < -0.3 is 15.3 Å². The minimum Gasteiger partial charge on any atom is -0.505 e. The van der Waals surface area contributed by atoms with Crippen molar-refractivity contribution in [2.24, 2.45) is 10.3 Å². The van der Waals surface area contributed by atoms with Gasteiger partial charge in [-0.2, -0.15) is 0 Å². The Labute approximate surface area is 174 Å². The molecule has 0 atom stereocenters. The second-order valence-electron chi connectivity index (χ2n) is 5.75. The number of aromatic nitrogens is 2. The minimum atomic E-state index is -0.648. The number of nitrogens with zero attached hydrogens (tertiary/aromatic N) is 4. The van der Waals surface area contributed by atoms with Gasteiger partial charge in [-0.1, -0.05) is 11.6 Å². The van der Waals surface area contributed by atoms with E-state index in [1.807, 2.05) is 0 Å². The molecule has 0 saturated heterocycles. The molecule has 2 aromatic heterocycles. The normalized spacial score (nSPS) is 11.1. The van der Waals surface area contributed by atoms with Crippen molar-refractivity contribution in [1.82, 2.24) is 15.3 Å². The fourth-order valence-corrected chi connectivity index (χ4v) is 2.68. The summed E-state index contributed by atoms with van der Waals surface area (Å²) in [6, 6.07) is 7.90. The summed E-state index contributed by atoms with van der Waals surface area (Å²) in [5.74, 6) is -1.82. The van der Waals surface area contributed by atoms with Gasteiger partial charge in [-0.25, -0.2) is 9.38 Å². The molecule has 0 fully saturated rings. The molecule has 0 radical (unpaired) electrons. The second-order valence-corrected chi connectivity index (χ2v) is 6.15. The lowest BCUT2D eigenvalue weighted by Crippen LogP contribution is -2.19. The molecule has 0 aliphatic rings. The highest BCUT2D eigenvalue weighted by Gasteiger charge is 2.19. The van der Waals surface area contributed by atoms with Crippen LogP contribution in [-0.2, 0) is 4.84 Å². The van der Waals surface area contributed by atoms with Crippen molar-refractivity contribution in [1.29, 1.82) is 0 Å². The Hall–Kier alpha value is -3.92. The van der Waals surface area contributed by atoms with Crippen molar-refractivity contribution in [2.75, 3.05) is 7.05 Å². The number of aromatic hydroxyl groups is 1. The van der Waals surface area contributed by atoms with Gasteiger partial charge in [0, 0.05) is 25.0 Å². The zero-order valence-corrected chi connectivity index (χ0v) is 16.1. The van der Waals surface area contributed by atoms with Crippen molar-refractivity contribution in [3.63, 3.8) is 0 Å². The smallest absolute Gasteiger partial charge is 0.269 e. The van der Waals surface area contributed by atoms with Gasteiger partial charge >= 0.3 is 0 Å². The topological polar surface area (TPSA) is 126 Å². The maximum absolute atomic E-state index is 13.4. The van der Waals surface area contributed by atoms with Crippen LogP contribution in [0.5, 0.6) is 5.75 Å². The monoisotopic (exact) mass is 429 g/mol. The van der Waals surface area contributed by atoms with Gasteiger partial charge in [0.05, 0.1) is 16.3 Å². The van der Waals surface area contributed by atoms with Crippen LogP contribution in [0.25, 0.3) is 11.3 Å². The molecule has 1 aromatic carbocycles. The Balaban J connectivity index is 2.09. The lowest BCUT2D eigenvalue weighted by molar-refractivity contribution is 0.0958. The first-order valence-corrected chi connectivity index (χ1v) is 8.72. The number of nitrogens with one attached hydrogen (secondary N) is 1. The van der Waals surface area contributed by atoms with E-state index in [2.05, 4.69) is 30.5 Å². The molecule has 2 N–H and O–H groups in total. The molecular formula is C19H13ClFN5O4. The Bertz CT molecular complexity index is 1160. The lowest BCUT2D eigenvalue weighted by Gasteiger charge is -2.10. The fourth-order valence-electron chi connectivity index (χ4n) is 2.50. The molecule has 152 valence electrons. The van der Waals surface area contributed by atoms with E-state index in [4.69, 9.17) is 11.6 Å². The lowest BCUT2D eigenvalue weighted by atomic mass is 10.1. The molecule has 3 aromatic rings. The third kappa shape index (κ3) is 4.39. The van der Waals surface area contributed by atoms with E-state index >= 15 is 0 Å². The van der Waals surface area contributed by atoms with E-state index in [1.54, 1.807) is 0 Å². The summed E-state index contributed by atoms with van der Waals surface area (Å²) < 4.78 is 13.4. The highest BCUT2D eigenvalue weighted by atomic mass is 35.5. The molecule has 2 heterocycles. The van der Waals surface area contributed by atoms with Crippen LogP contribution >= 0.6 is 11.6 Å². The van der Waals surface area contributed by atoms with Crippen molar-refractivity contribution in [2.45, 2.75) is 0 Å². The molecule has 0 unspecified atom stereocenters. The summed E-state index contributed by atoms with van der Waals surface area (Å²) in [6.07, 6.45) is 2.72. The number of benzene rings is 1. The van der Waals surface area contributed by atoms with Crippen LogP contribution in [-0.4, -0.2) is 33.9 Å². The quantitative estimate of drug-likeness (QED) is 0.275. The maximum atomic E-state index is 13.4. The SMILES string of the molecule is CNC(=O)c1cc(-c2nccc(C(=Nc3ccc(F)c(Cl)c3)ON=O)c2O)ccn1. The predicted octanol–water partition coefficient (Wildman–Crippen LogP) is 3.78. The molecule has 3 rings (SSSR count). The molecule has 0 aliphatic carbocycles. The average Bonchev–Trinajstić information content (AvgIpc) is 2.75. The predicted molar refractivity (Wildman–Crippen MR) is 107 cm³/mol. The van der Waals surface area contributed by atoms with Crippen LogP contribution in [0.15, 0.2) is 59.1 Å². The van der Waals surface area contributed by atoms with Gasteiger partial charge in [0.15, 0.2) is 11.1 Å². The van der Waals surface area contributed by atoms with Gasteiger partial charge in [-0.3, -0.25) is 14.8 Å².